The molecule has 0 aromatic carbocycles. The molecule has 0 spiro atoms. The molecule has 0 aromatic heterocycles. The second-order valence-electron chi connectivity index (χ2n) is 11.7. The quantitative estimate of drug-likeness (QED) is 0.602. The topological polar surface area (TPSA) is 87.0 Å². The molecular weight excluding hydrogens is 380 g/mol. The summed E-state index contributed by atoms with van der Waals surface area (Å²) in [5, 5.41) is 33.8. The van der Waals surface area contributed by atoms with E-state index in [1.165, 1.54) is 7.11 Å². The van der Waals surface area contributed by atoms with Crippen LogP contribution in [-0.4, -0.2) is 46.2 Å². The van der Waals surface area contributed by atoms with Crippen molar-refractivity contribution in [1.82, 2.24) is 0 Å². The van der Waals surface area contributed by atoms with Crippen molar-refractivity contribution in [2.75, 3.05) is 7.11 Å². The molecule has 10 unspecified atom stereocenters. The molecule has 5 nitrogen and oxygen atoms in total. The highest BCUT2D eigenvalue weighted by molar-refractivity contribution is 5.69. The van der Waals surface area contributed by atoms with E-state index >= 15 is 0 Å². The van der Waals surface area contributed by atoms with Gasteiger partial charge in [0.1, 0.15) is 0 Å². The first-order valence-corrected chi connectivity index (χ1v) is 12.2. The van der Waals surface area contributed by atoms with Crippen LogP contribution < -0.4 is 0 Å². The molecule has 0 aromatic rings. The maximum absolute atomic E-state index is 12.2. The van der Waals surface area contributed by atoms with Gasteiger partial charge in [-0.3, -0.25) is 4.79 Å². The van der Waals surface area contributed by atoms with Crippen LogP contribution in [0.3, 0.4) is 0 Å². The standard InChI is InChI=1S/C25H42O5/c1-15(5-6-21(28)30-4)18-9-12-25(29)22-19(8-11-24(18,25)3)23(2)10-7-17(26)13-16(23)14-20(22)27/h15-20,22,26-27,29H,5-14H2,1-4H3. The van der Waals surface area contributed by atoms with Gasteiger partial charge in [-0.05, 0) is 92.3 Å². The zero-order valence-electron chi connectivity index (χ0n) is 19.3. The average Bonchev–Trinajstić information content (AvgIpc) is 2.98. The zero-order valence-corrected chi connectivity index (χ0v) is 19.3. The lowest BCUT2D eigenvalue weighted by molar-refractivity contribution is -0.244. The number of hydrogen-bond acceptors (Lipinski definition) is 5. The third-order valence-electron chi connectivity index (χ3n) is 10.6. The first-order valence-electron chi connectivity index (χ1n) is 12.2. The Balaban J connectivity index is 1.59. The van der Waals surface area contributed by atoms with Gasteiger partial charge in [-0.1, -0.05) is 20.8 Å². The molecule has 0 heterocycles. The third-order valence-corrected chi connectivity index (χ3v) is 10.6. The first kappa shape index (κ1) is 22.5. The van der Waals surface area contributed by atoms with Crippen LogP contribution in [0.4, 0.5) is 0 Å². The van der Waals surface area contributed by atoms with Gasteiger partial charge in [-0.2, -0.15) is 0 Å². The molecule has 0 saturated heterocycles. The van der Waals surface area contributed by atoms with Crippen LogP contribution in [0.25, 0.3) is 0 Å². The lowest BCUT2D eigenvalue weighted by atomic mass is 9.42. The Bertz CT molecular complexity index is 666. The van der Waals surface area contributed by atoms with E-state index in [1.807, 2.05) is 0 Å². The van der Waals surface area contributed by atoms with E-state index in [-0.39, 0.29) is 28.8 Å². The fourth-order valence-corrected chi connectivity index (χ4v) is 8.79. The van der Waals surface area contributed by atoms with Crippen molar-refractivity contribution in [3.8, 4) is 0 Å². The van der Waals surface area contributed by atoms with Crippen molar-refractivity contribution in [3.05, 3.63) is 0 Å². The van der Waals surface area contributed by atoms with E-state index in [2.05, 4.69) is 20.8 Å². The van der Waals surface area contributed by atoms with Crippen LogP contribution in [0, 0.1) is 40.4 Å². The molecule has 5 heteroatoms. The zero-order chi connectivity index (χ0) is 21.9. The van der Waals surface area contributed by atoms with Crippen LogP contribution in [0.2, 0.25) is 0 Å². The van der Waals surface area contributed by atoms with Crippen molar-refractivity contribution < 1.29 is 24.9 Å². The van der Waals surface area contributed by atoms with E-state index < -0.39 is 11.7 Å². The van der Waals surface area contributed by atoms with Gasteiger partial charge in [-0.25, -0.2) is 0 Å². The monoisotopic (exact) mass is 422 g/mol. The Morgan fingerprint density at radius 1 is 1.10 bits per heavy atom. The molecule has 3 N–H and O–H groups in total. The number of fused-ring (bicyclic) bond motifs is 5. The van der Waals surface area contributed by atoms with Gasteiger partial charge in [0.25, 0.3) is 0 Å². The number of carbonyl (C=O) groups excluding carboxylic acids is 1. The van der Waals surface area contributed by atoms with E-state index in [0.29, 0.717) is 36.5 Å². The molecule has 4 fully saturated rings. The van der Waals surface area contributed by atoms with Gasteiger partial charge < -0.3 is 20.1 Å². The molecule has 0 bridgehead atoms. The minimum atomic E-state index is -0.844. The molecule has 10 atom stereocenters. The third kappa shape index (κ3) is 3.17. The average molecular weight is 423 g/mol. The van der Waals surface area contributed by atoms with Crippen LogP contribution in [-0.2, 0) is 9.53 Å². The lowest BCUT2D eigenvalue weighted by Gasteiger charge is -2.65. The summed E-state index contributed by atoms with van der Waals surface area (Å²) < 4.78 is 4.83. The highest BCUT2D eigenvalue weighted by Crippen LogP contribution is 2.69. The van der Waals surface area contributed by atoms with E-state index in [9.17, 15) is 20.1 Å². The van der Waals surface area contributed by atoms with Gasteiger partial charge in [0.05, 0.1) is 24.9 Å². The maximum atomic E-state index is 12.2. The summed E-state index contributed by atoms with van der Waals surface area (Å²) in [4.78, 5) is 11.7. The van der Waals surface area contributed by atoms with Crippen molar-refractivity contribution in [2.45, 2.75) is 103 Å². The Morgan fingerprint density at radius 2 is 1.83 bits per heavy atom. The highest BCUT2D eigenvalue weighted by atomic mass is 16.5. The molecule has 0 aliphatic heterocycles. The number of rotatable bonds is 4. The second kappa shape index (κ2) is 7.74. The predicted molar refractivity (Wildman–Crippen MR) is 114 cm³/mol. The van der Waals surface area contributed by atoms with Crippen molar-refractivity contribution >= 4 is 5.97 Å². The highest BCUT2D eigenvalue weighted by Gasteiger charge is 2.69. The predicted octanol–water partition coefficient (Wildman–Crippen LogP) is 3.68. The largest absolute Gasteiger partial charge is 0.469 e. The van der Waals surface area contributed by atoms with Gasteiger partial charge in [-0.15, -0.1) is 0 Å². The van der Waals surface area contributed by atoms with Crippen LogP contribution in [0.15, 0.2) is 0 Å². The molecule has 0 amide bonds. The SMILES string of the molecule is COC(=O)CCC(C)C1CCC2(O)C3C(O)CC4CC(O)CCC4(C)C3CCC12C. The number of hydrogen-bond donors (Lipinski definition) is 3. The van der Waals surface area contributed by atoms with Crippen molar-refractivity contribution in [3.63, 3.8) is 0 Å². The minimum absolute atomic E-state index is 0.0782. The minimum Gasteiger partial charge on any atom is -0.469 e. The number of aliphatic hydroxyl groups excluding tert-OH is 2. The molecule has 4 rings (SSSR count). The summed E-state index contributed by atoms with van der Waals surface area (Å²) in [7, 11) is 1.44. The molecule has 30 heavy (non-hydrogen) atoms. The number of carbonyl (C=O) groups is 1. The maximum Gasteiger partial charge on any atom is 0.305 e. The van der Waals surface area contributed by atoms with Gasteiger partial charge in [0.2, 0.25) is 0 Å². The summed E-state index contributed by atoms with van der Waals surface area (Å²) in [6.07, 6.45) is 7.56. The molecule has 0 radical (unpaired) electrons. The Labute approximate surface area is 181 Å². The van der Waals surface area contributed by atoms with E-state index in [4.69, 9.17) is 4.74 Å². The number of ether oxygens (including phenoxy) is 1. The van der Waals surface area contributed by atoms with Crippen LogP contribution in [0.1, 0.15) is 85.0 Å². The summed E-state index contributed by atoms with van der Waals surface area (Å²) in [6, 6.07) is 0. The molecule has 4 aliphatic carbocycles. The number of esters is 1. The van der Waals surface area contributed by atoms with Crippen molar-refractivity contribution in [2.24, 2.45) is 40.4 Å². The summed E-state index contributed by atoms with van der Waals surface area (Å²) in [5.41, 5.74) is -0.958. The van der Waals surface area contributed by atoms with Gasteiger partial charge in [0.15, 0.2) is 0 Å². The fourth-order valence-electron chi connectivity index (χ4n) is 8.79. The Morgan fingerprint density at radius 3 is 2.53 bits per heavy atom. The van der Waals surface area contributed by atoms with Gasteiger partial charge >= 0.3 is 5.97 Å². The normalized spacial score (nSPS) is 51.4. The number of aliphatic hydroxyl groups is 3. The Hall–Kier alpha value is -0.650. The van der Waals surface area contributed by atoms with E-state index in [1.54, 1.807) is 0 Å². The molecule has 4 aliphatic rings. The lowest BCUT2D eigenvalue weighted by Crippen LogP contribution is -2.66. The number of methoxy groups -OCH3 is 1. The van der Waals surface area contributed by atoms with Crippen LogP contribution in [0.5, 0.6) is 0 Å². The molecular formula is C25H42O5. The van der Waals surface area contributed by atoms with E-state index in [0.717, 1.165) is 51.4 Å². The summed E-state index contributed by atoms with van der Waals surface area (Å²) in [5.74, 6) is 1.13. The first-order chi connectivity index (χ1) is 14.1. The summed E-state index contributed by atoms with van der Waals surface area (Å²) >= 11 is 0. The smallest absolute Gasteiger partial charge is 0.305 e. The summed E-state index contributed by atoms with van der Waals surface area (Å²) in [6.45, 7) is 6.83. The molecule has 4 saturated carbocycles. The van der Waals surface area contributed by atoms with Crippen LogP contribution >= 0.6 is 0 Å². The second-order valence-corrected chi connectivity index (χ2v) is 11.7. The fraction of sp³-hybridized carbons (Fsp3) is 0.960. The van der Waals surface area contributed by atoms with Crippen molar-refractivity contribution in [1.29, 1.82) is 0 Å². The van der Waals surface area contributed by atoms with Gasteiger partial charge in [0, 0.05) is 12.3 Å². The Kier molecular flexibility index (Phi) is 5.81. The molecule has 172 valence electrons.